The van der Waals surface area contributed by atoms with Crippen LogP contribution in [0.4, 0.5) is 5.82 Å². The van der Waals surface area contributed by atoms with E-state index in [0.29, 0.717) is 6.54 Å². The Balaban J connectivity index is 2.06. The van der Waals surface area contributed by atoms with Crippen LogP contribution >= 0.6 is 0 Å². The molecule has 3 rings (SSSR count). The Morgan fingerprint density at radius 3 is 2.76 bits per heavy atom. The highest BCUT2D eigenvalue weighted by atomic mass is 16.5. The first-order chi connectivity index (χ1) is 10.1. The molecular weight excluding hydrogens is 268 g/mol. The van der Waals surface area contributed by atoms with E-state index in [1.165, 1.54) is 0 Å². The minimum Gasteiger partial charge on any atom is -0.361 e. The number of aromatic nitrogens is 5. The van der Waals surface area contributed by atoms with Crippen LogP contribution in [0.15, 0.2) is 17.2 Å². The number of nitrogens with zero attached hydrogens (tertiary/aromatic N) is 6. The first-order valence-corrected chi connectivity index (χ1v) is 6.89. The van der Waals surface area contributed by atoms with Crippen LogP contribution in [0.1, 0.15) is 23.9 Å². The van der Waals surface area contributed by atoms with Crippen LogP contribution in [-0.2, 0) is 13.0 Å². The Morgan fingerprint density at radius 1 is 1.24 bits per heavy atom. The van der Waals surface area contributed by atoms with E-state index in [1.807, 2.05) is 30.5 Å². The highest BCUT2D eigenvalue weighted by Gasteiger charge is 2.16. The lowest BCUT2D eigenvalue weighted by molar-refractivity contribution is 0.381. The van der Waals surface area contributed by atoms with Crippen molar-refractivity contribution in [3.63, 3.8) is 0 Å². The van der Waals surface area contributed by atoms with Crippen molar-refractivity contribution in [3.8, 4) is 0 Å². The first kappa shape index (κ1) is 13.5. The van der Waals surface area contributed by atoms with Crippen molar-refractivity contribution < 1.29 is 4.52 Å². The summed E-state index contributed by atoms with van der Waals surface area (Å²) >= 11 is 0. The molecule has 0 spiro atoms. The smallest absolute Gasteiger partial charge is 0.165 e. The fourth-order valence-corrected chi connectivity index (χ4v) is 2.40. The zero-order valence-electron chi connectivity index (χ0n) is 12.7. The first-order valence-electron chi connectivity index (χ1n) is 6.89. The van der Waals surface area contributed by atoms with Gasteiger partial charge in [0.25, 0.3) is 0 Å². The van der Waals surface area contributed by atoms with E-state index in [4.69, 9.17) is 4.52 Å². The number of imidazole rings is 1. The lowest BCUT2D eigenvalue weighted by atomic mass is 10.1. The molecule has 0 aromatic carbocycles. The molecule has 0 fully saturated rings. The third kappa shape index (κ3) is 2.24. The second kappa shape index (κ2) is 5.16. The summed E-state index contributed by atoms with van der Waals surface area (Å²) in [6, 6.07) is 0. The molecule has 0 N–H and O–H groups in total. The highest BCUT2D eigenvalue weighted by molar-refractivity contribution is 5.83. The molecule has 7 nitrogen and oxygen atoms in total. The fraction of sp³-hybridized carbons (Fsp3) is 0.429. The van der Waals surface area contributed by atoms with Crippen LogP contribution in [0.25, 0.3) is 11.2 Å². The van der Waals surface area contributed by atoms with Crippen molar-refractivity contribution in [2.45, 2.75) is 26.8 Å². The van der Waals surface area contributed by atoms with Crippen molar-refractivity contribution >= 4 is 17.0 Å². The van der Waals surface area contributed by atoms with Gasteiger partial charge in [-0.05, 0) is 6.92 Å². The predicted octanol–water partition coefficient (Wildman–Crippen LogP) is 1.80. The molecule has 0 aliphatic carbocycles. The topological polar surface area (TPSA) is 72.9 Å². The number of rotatable bonds is 4. The molecule has 0 aliphatic rings. The van der Waals surface area contributed by atoms with Crippen LogP contribution in [0.5, 0.6) is 0 Å². The van der Waals surface area contributed by atoms with Gasteiger partial charge in [0, 0.05) is 26.1 Å². The van der Waals surface area contributed by atoms with Gasteiger partial charge in [-0.1, -0.05) is 12.1 Å². The van der Waals surface area contributed by atoms with E-state index in [9.17, 15) is 0 Å². The lowest BCUT2D eigenvalue weighted by Gasteiger charge is -2.11. The van der Waals surface area contributed by atoms with Crippen LogP contribution in [-0.4, -0.2) is 38.8 Å². The Labute approximate surface area is 122 Å². The van der Waals surface area contributed by atoms with Gasteiger partial charge < -0.3 is 14.0 Å². The summed E-state index contributed by atoms with van der Waals surface area (Å²) in [5.41, 5.74) is 3.63. The van der Waals surface area contributed by atoms with E-state index in [-0.39, 0.29) is 0 Å². The van der Waals surface area contributed by atoms with E-state index >= 15 is 0 Å². The van der Waals surface area contributed by atoms with Gasteiger partial charge in [-0.3, -0.25) is 0 Å². The maximum absolute atomic E-state index is 5.34. The van der Waals surface area contributed by atoms with E-state index in [1.54, 1.807) is 12.7 Å². The minimum absolute atomic E-state index is 0.652. The summed E-state index contributed by atoms with van der Waals surface area (Å²) in [6.07, 6.45) is 4.18. The van der Waals surface area contributed by atoms with Gasteiger partial charge in [0.2, 0.25) is 0 Å². The predicted molar refractivity (Wildman–Crippen MR) is 79.4 cm³/mol. The molecule has 0 saturated heterocycles. The molecule has 110 valence electrons. The summed E-state index contributed by atoms with van der Waals surface area (Å²) in [6.45, 7) is 4.66. The molecule has 0 saturated carbocycles. The maximum Gasteiger partial charge on any atom is 0.165 e. The molecular formula is C14H18N6O. The van der Waals surface area contributed by atoms with Gasteiger partial charge >= 0.3 is 0 Å². The molecule has 21 heavy (non-hydrogen) atoms. The summed E-state index contributed by atoms with van der Waals surface area (Å²) in [4.78, 5) is 15.0. The number of fused-ring (bicyclic) bond motifs is 1. The van der Waals surface area contributed by atoms with Gasteiger partial charge in [0.05, 0.1) is 18.6 Å². The molecule has 7 heteroatoms. The zero-order valence-corrected chi connectivity index (χ0v) is 12.7. The fourth-order valence-electron chi connectivity index (χ4n) is 2.40. The van der Waals surface area contributed by atoms with Crippen molar-refractivity contribution in [3.05, 3.63) is 29.7 Å². The number of aryl methyl sites for hydroxylation is 2. The second-order valence-corrected chi connectivity index (χ2v) is 5.16. The van der Waals surface area contributed by atoms with Crippen LogP contribution < -0.4 is 4.90 Å². The molecule has 0 aliphatic heterocycles. The molecule has 0 amide bonds. The third-order valence-electron chi connectivity index (χ3n) is 3.52. The minimum atomic E-state index is 0.652. The van der Waals surface area contributed by atoms with Crippen LogP contribution in [0.2, 0.25) is 0 Å². The van der Waals surface area contributed by atoms with Gasteiger partial charge in [-0.25, -0.2) is 15.0 Å². The molecule has 3 heterocycles. The average molecular weight is 286 g/mol. The summed E-state index contributed by atoms with van der Waals surface area (Å²) in [7, 11) is 3.89. The Kier molecular flexibility index (Phi) is 3.32. The van der Waals surface area contributed by atoms with Crippen LogP contribution in [0.3, 0.4) is 0 Å². The van der Waals surface area contributed by atoms with Crippen LogP contribution in [0, 0.1) is 6.92 Å². The van der Waals surface area contributed by atoms with Crippen molar-refractivity contribution in [1.82, 2.24) is 24.7 Å². The highest BCUT2D eigenvalue weighted by Crippen LogP contribution is 2.22. The summed E-state index contributed by atoms with van der Waals surface area (Å²) in [5, 5.41) is 4.04. The normalized spacial score (nSPS) is 11.2. The van der Waals surface area contributed by atoms with Crippen molar-refractivity contribution in [2.24, 2.45) is 0 Å². The summed E-state index contributed by atoms with van der Waals surface area (Å²) < 4.78 is 7.35. The van der Waals surface area contributed by atoms with Gasteiger partial charge in [0.15, 0.2) is 17.0 Å². The lowest BCUT2D eigenvalue weighted by Crippen LogP contribution is -2.11. The Bertz CT molecular complexity index is 773. The Morgan fingerprint density at radius 2 is 2.05 bits per heavy atom. The van der Waals surface area contributed by atoms with Crippen molar-refractivity contribution in [2.75, 3.05) is 19.0 Å². The molecule has 3 aromatic heterocycles. The zero-order chi connectivity index (χ0) is 15.0. The number of hydrogen-bond donors (Lipinski definition) is 0. The number of hydrogen-bond acceptors (Lipinski definition) is 6. The van der Waals surface area contributed by atoms with E-state index < -0.39 is 0 Å². The van der Waals surface area contributed by atoms with Gasteiger partial charge in [0.1, 0.15) is 12.1 Å². The largest absolute Gasteiger partial charge is 0.361 e. The molecule has 0 bridgehead atoms. The van der Waals surface area contributed by atoms with Crippen molar-refractivity contribution in [1.29, 1.82) is 0 Å². The molecule has 0 unspecified atom stereocenters. The monoisotopic (exact) mass is 286 g/mol. The SMILES string of the molecule is CCc1onc(C)c1Cn1cnc2c(N(C)C)ncnc21. The van der Waals surface area contributed by atoms with Gasteiger partial charge in [-0.2, -0.15) is 0 Å². The quantitative estimate of drug-likeness (QED) is 0.728. The van der Waals surface area contributed by atoms with E-state index in [0.717, 1.165) is 40.4 Å². The third-order valence-corrected chi connectivity index (χ3v) is 3.52. The standard InChI is InChI=1S/C14H18N6O/c1-5-11-10(9(2)18-21-11)6-20-8-17-12-13(19(3)4)15-7-16-14(12)20/h7-8H,5-6H2,1-4H3. The molecule has 0 radical (unpaired) electrons. The molecule has 3 aromatic rings. The Hall–Kier alpha value is -2.44. The number of anilines is 1. The second-order valence-electron chi connectivity index (χ2n) is 5.16. The molecule has 0 atom stereocenters. The average Bonchev–Trinajstić information content (AvgIpc) is 3.04. The van der Waals surface area contributed by atoms with Gasteiger partial charge in [-0.15, -0.1) is 0 Å². The maximum atomic E-state index is 5.34. The van der Waals surface area contributed by atoms with E-state index in [2.05, 4.69) is 27.0 Å². The summed E-state index contributed by atoms with van der Waals surface area (Å²) in [5.74, 6) is 1.73.